The number of aliphatic hydroxyl groups is 1. The van der Waals surface area contributed by atoms with Crippen LogP contribution in [0.15, 0.2) is 57.7 Å². The second-order valence-corrected chi connectivity index (χ2v) is 6.07. The molecule has 2 aromatic carbocycles. The molecule has 1 fully saturated rings. The number of hydrogen-bond acceptors (Lipinski definition) is 5. The molecule has 0 saturated carbocycles. The van der Waals surface area contributed by atoms with Gasteiger partial charge >= 0.3 is 0 Å². The molecule has 0 radical (unpaired) electrons. The highest BCUT2D eigenvalue weighted by molar-refractivity contribution is 5.84. The molecule has 1 aliphatic heterocycles. The Kier molecular flexibility index (Phi) is 4.26. The van der Waals surface area contributed by atoms with Crippen molar-refractivity contribution in [2.75, 3.05) is 31.2 Å². The van der Waals surface area contributed by atoms with Crippen LogP contribution in [-0.2, 0) is 11.3 Å². The second-order valence-electron chi connectivity index (χ2n) is 6.07. The first-order chi connectivity index (χ1) is 12.3. The first kappa shape index (κ1) is 15.9. The van der Waals surface area contributed by atoms with E-state index in [2.05, 4.69) is 0 Å². The maximum atomic E-state index is 12.6. The lowest BCUT2D eigenvalue weighted by molar-refractivity contribution is 0.121. The Labute approximate surface area is 145 Å². The standard InChI is InChI=1S/C20H19NO4/c22-13-15-3-1-2-4-16(15)14-5-6-19-17(11-14)18(23)12-20(25-19)21-7-9-24-10-8-21/h1-6,11-12,22H,7-10,13H2. The van der Waals surface area contributed by atoms with Gasteiger partial charge in [-0.1, -0.05) is 30.3 Å². The fraction of sp³-hybridized carbons (Fsp3) is 0.250. The zero-order chi connectivity index (χ0) is 17.2. The molecule has 0 bridgehead atoms. The highest BCUT2D eigenvalue weighted by atomic mass is 16.5. The van der Waals surface area contributed by atoms with Crippen LogP contribution >= 0.6 is 0 Å². The van der Waals surface area contributed by atoms with E-state index in [0.29, 0.717) is 30.1 Å². The van der Waals surface area contributed by atoms with Crippen molar-refractivity contribution in [2.24, 2.45) is 0 Å². The van der Waals surface area contributed by atoms with E-state index in [1.807, 2.05) is 47.4 Å². The minimum absolute atomic E-state index is 0.0429. The number of aliphatic hydroxyl groups excluding tert-OH is 1. The predicted octanol–water partition coefficient (Wildman–Crippen LogP) is 2.79. The van der Waals surface area contributed by atoms with Gasteiger partial charge in [0, 0.05) is 19.2 Å². The summed E-state index contributed by atoms with van der Waals surface area (Å²) in [5.74, 6) is 0.587. The van der Waals surface area contributed by atoms with E-state index >= 15 is 0 Å². The van der Waals surface area contributed by atoms with E-state index in [1.54, 1.807) is 6.07 Å². The normalized spacial score (nSPS) is 14.8. The lowest BCUT2D eigenvalue weighted by Crippen LogP contribution is -2.36. The smallest absolute Gasteiger partial charge is 0.200 e. The maximum Gasteiger partial charge on any atom is 0.200 e. The third kappa shape index (κ3) is 3.04. The zero-order valence-electron chi connectivity index (χ0n) is 13.8. The van der Waals surface area contributed by atoms with Crippen LogP contribution in [0.4, 0.5) is 5.88 Å². The summed E-state index contributed by atoms with van der Waals surface area (Å²) in [6.07, 6.45) is 0. The Morgan fingerprint density at radius 1 is 1.04 bits per heavy atom. The number of morpholine rings is 1. The molecule has 1 aromatic heterocycles. The van der Waals surface area contributed by atoms with Crippen molar-refractivity contribution in [3.05, 3.63) is 64.3 Å². The Hall–Kier alpha value is -2.63. The van der Waals surface area contributed by atoms with Crippen LogP contribution in [0.2, 0.25) is 0 Å². The zero-order valence-corrected chi connectivity index (χ0v) is 13.8. The summed E-state index contributed by atoms with van der Waals surface area (Å²) in [4.78, 5) is 14.6. The van der Waals surface area contributed by atoms with Gasteiger partial charge in [0.15, 0.2) is 11.3 Å². The third-order valence-corrected chi connectivity index (χ3v) is 4.54. The van der Waals surface area contributed by atoms with Gasteiger partial charge in [-0.25, -0.2) is 0 Å². The summed E-state index contributed by atoms with van der Waals surface area (Å²) >= 11 is 0. The number of nitrogens with zero attached hydrogens (tertiary/aromatic N) is 1. The molecule has 1 N–H and O–H groups in total. The molecule has 1 aliphatic rings. The predicted molar refractivity (Wildman–Crippen MR) is 96.9 cm³/mol. The lowest BCUT2D eigenvalue weighted by atomic mass is 9.99. The van der Waals surface area contributed by atoms with Crippen LogP contribution in [0.1, 0.15) is 5.56 Å². The fourth-order valence-electron chi connectivity index (χ4n) is 3.19. The summed E-state index contributed by atoms with van der Waals surface area (Å²) in [7, 11) is 0. The average Bonchev–Trinajstić information content (AvgIpc) is 2.68. The summed E-state index contributed by atoms with van der Waals surface area (Å²) in [5, 5.41) is 10.1. The quantitative estimate of drug-likeness (QED) is 0.796. The van der Waals surface area contributed by atoms with Gasteiger partial charge in [-0.2, -0.15) is 0 Å². The third-order valence-electron chi connectivity index (χ3n) is 4.54. The number of ether oxygens (including phenoxy) is 1. The second kappa shape index (κ2) is 6.70. The van der Waals surface area contributed by atoms with E-state index in [0.717, 1.165) is 29.8 Å². The van der Waals surface area contributed by atoms with Crippen molar-refractivity contribution in [3.63, 3.8) is 0 Å². The molecular formula is C20H19NO4. The Balaban J connectivity index is 1.79. The van der Waals surface area contributed by atoms with Crippen molar-refractivity contribution < 1.29 is 14.3 Å². The van der Waals surface area contributed by atoms with Crippen LogP contribution in [0.5, 0.6) is 0 Å². The number of benzene rings is 2. The summed E-state index contributed by atoms with van der Waals surface area (Å²) < 4.78 is 11.3. The first-order valence-electron chi connectivity index (χ1n) is 8.36. The summed E-state index contributed by atoms with van der Waals surface area (Å²) in [6, 6.07) is 14.8. The molecule has 3 aromatic rings. The molecule has 128 valence electrons. The highest BCUT2D eigenvalue weighted by Crippen LogP contribution is 2.28. The monoisotopic (exact) mass is 337 g/mol. The average molecular weight is 337 g/mol. The Morgan fingerprint density at radius 2 is 1.84 bits per heavy atom. The molecule has 0 unspecified atom stereocenters. The van der Waals surface area contributed by atoms with E-state index in [-0.39, 0.29) is 12.0 Å². The van der Waals surface area contributed by atoms with Gasteiger partial charge < -0.3 is 19.2 Å². The molecule has 0 aliphatic carbocycles. The molecule has 0 spiro atoms. The lowest BCUT2D eigenvalue weighted by Gasteiger charge is -2.27. The summed E-state index contributed by atoms with van der Waals surface area (Å²) in [6.45, 7) is 2.67. The fourth-order valence-corrected chi connectivity index (χ4v) is 3.19. The van der Waals surface area contributed by atoms with Gasteiger partial charge in [-0.05, 0) is 28.8 Å². The molecule has 5 heteroatoms. The highest BCUT2D eigenvalue weighted by Gasteiger charge is 2.16. The van der Waals surface area contributed by atoms with Gasteiger partial charge in [0.1, 0.15) is 5.58 Å². The van der Waals surface area contributed by atoms with Gasteiger partial charge in [-0.3, -0.25) is 4.79 Å². The molecule has 5 nitrogen and oxygen atoms in total. The van der Waals surface area contributed by atoms with Crippen molar-refractivity contribution >= 4 is 16.9 Å². The number of fused-ring (bicyclic) bond motifs is 1. The molecule has 4 rings (SSSR count). The Bertz CT molecular complexity index is 957. The Morgan fingerprint density at radius 3 is 2.64 bits per heavy atom. The molecule has 25 heavy (non-hydrogen) atoms. The van der Waals surface area contributed by atoms with Crippen LogP contribution in [0.3, 0.4) is 0 Å². The summed E-state index contributed by atoms with van der Waals surface area (Å²) in [5.41, 5.74) is 3.15. The van der Waals surface area contributed by atoms with Gasteiger partial charge in [0.2, 0.25) is 0 Å². The van der Waals surface area contributed by atoms with E-state index in [4.69, 9.17) is 9.15 Å². The molecule has 2 heterocycles. The topological polar surface area (TPSA) is 62.9 Å². The van der Waals surface area contributed by atoms with Crippen molar-refractivity contribution in [2.45, 2.75) is 6.61 Å². The van der Waals surface area contributed by atoms with Crippen LogP contribution < -0.4 is 10.3 Å². The van der Waals surface area contributed by atoms with E-state index in [1.165, 1.54) is 0 Å². The molecular weight excluding hydrogens is 318 g/mol. The minimum atomic E-state index is -0.0638. The minimum Gasteiger partial charge on any atom is -0.440 e. The molecule has 1 saturated heterocycles. The first-order valence-corrected chi connectivity index (χ1v) is 8.36. The number of rotatable bonds is 3. The SMILES string of the molecule is O=c1cc(N2CCOCC2)oc2ccc(-c3ccccc3CO)cc12. The van der Waals surface area contributed by atoms with Crippen LogP contribution in [-0.4, -0.2) is 31.4 Å². The number of hydrogen-bond donors (Lipinski definition) is 1. The van der Waals surface area contributed by atoms with Crippen LogP contribution in [0, 0.1) is 0 Å². The molecule has 0 amide bonds. The molecule has 0 atom stereocenters. The van der Waals surface area contributed by atoms with Gasteiger partial charge in [0.05, 0.1) is 25.2 Å². The van der Waals surface area contributed by atoms with Crippen molar-refractivity contribution in [1.29, 1.82) is 0 Å². The van der Waals surface area contributed by atoms with E-state index in [9.17, 15) is 9.90 Å². The van der Waals surface area contributed by atoms with Crippen LogP contribution in [0.25, 0.3) is 22.1 Å². The van der Waals surface area contributed by atoms with Gasteiger partial charge in [-0.15, -0.1) is 0 Å². The van der Waals surface area contributed by atoms with E-state index < -0.39 is 0 Å². The maximum absolute atomic E-state index is 12.6. The largest absolute Gasteiger partial charge is 0.440 e. The van der Waals surface area contributed by atoms with Crippen molar-refractivity contribution in [1.82, 2.24) is 0 Å². The van der Waals surface area contributed by atoms with Crippen molar-refractivity contribution in [3.8, 4) is 11.1 Å². The van der Waals surface area contributed by atoms with Gasteiger partial charge in [0.25, 0.3) is 0 Å². The number of anilines is 1.